The fourth-order valence-corrected chi connectivity index (χ4v) is 4.84. The summed E-state index contributed by atoms with van der Waals surface area (Å²) in [6.45, 7) is 6.73. The van der Waals surface area contributed by atoms with E-state index in [1.165, 1.54) is 12.1 Å². The molecule has 4 heterocycles. The predicted molar refractivity (Wildman–Crippen MR) is 127 cm³/mol. The van der Waals surface area contributed by atoms with Gasteiger partial charge in [0.1, 0.15) is 23.9 Å². The molecule has 0 bridgehead atoms. The average molecular weight is 484 g/mol. The Bertz CT molecular complexity index is 1230. The Balaban J connectivity index is 1.43. The van der Waals surface area contributed by atoms with Crippen molar-refractivity contribution in [3.05, 3.63) is 65.1 Å². The highest BCUT2D eigenvalue weighted by Crippen LogP contribution is 2.39. The number of hydrogen-bond donors (Lipinski definition) is 1. The summed E-state index contributed by atoms with van der Waals surface area (Å²) < 4.78 is 50.0. The summed E-state index contributed by atoms with van der Waals surface area (Å²) in [5.74, 6) is -0.939. The van der Waals surface area contributed by atoms with Crippen LogP contribution in [0.15, 0.2) is 30.6 Å². The second-order valence-electron chi connectivity index (χ2n) is 9.32. The van der Waals surface area contributed by atoms with E-state index in [-0.39, 0.29) is 41.5 Å². The molecule has 5 rings (SSSR count). The smallest absolute Gasteiger partial charge is 0.178 e. The van der Waals surface area contributed by atoms with E-state index in [1.54, 1.807) is 12.3 Å². The van der Waals surface area contributed by atoms with Gasteiger partial charge < -0.3 is 15.0 Å². The normalized spacial score (nSPS) is 16.3. The summed E-state index contributed by atoms with van der Waals surface area (Å²) in [7, 11) is 0. The van der Waals surface area contributed by atoms with Crippen LogP contribution in [0.25, 0.3) is 11.3 Å². The van der Waals surface area contributed by atoms with Crippen molar-refractivity contribution < 1.29 is 17.9 Å². The lowest BCUT2D eigenvalue weighted by atomic mass is 9.91. The fourth-order valence-electron chi connectivity index (χ4n) is 4.84. The summed E-state index contributed by atoms with van der Waals surface area (Å²) in [4.78, 5) is 14.9. The van der Waals surface area contributed by atoms with Crippen LogP contribution < -0.4 is 15.0 Å². The molecule has 9 heteroatoms. The fraction of sp³-hybridized carbons (Fsp3) is 0.423. The Hall–Kier alpha value is -3.20. The molecule has 3 aromatic rings. The third-order valence-electron chi connectivity index (χ3n) is 6.66. The van der Waals surface area contributed by atoms with Gasteiger partial charge in [-0.1, -0.05) is 0 Å². The molecule has 2 aromatic heterocycles. The van der Waals surface area contributed by atoms with E-state index in [1.807, 2.05) is 18.7 Å². The number of rotatable bonds is 5. The molecule has 0 amide bonds. The second-order valence-corrected chi connectivity index (χ2v) is 9.32. The van der Waals surface area contributed by atoms with E-state index in [9.17, 15) is 13.2 Å². The Morgan fingerprint density at radius 1 is 1.03 bits per heavy atom. The number of nitrogens with zero attached hydrogens (tertiary/aromatic N) is 4. The van der Waals surface area contributed by atoms with Crippen molar-refractivity contribution in [2.75, 3.05) is 31.1 Å². The molecule has 184 valence electrons. The topological polar surface area (TPSA) is 63.2 Å². The van der Waals surface area contributed by atoms with Gasteiger partial charge in [-0.05, 0) is 63.9 Å². The molecule has 1 fully saturated rings. The Kier molecular flexibility index (Phi) is 6.60. The minimum absolute atomic E-state index is 0.0159. The molecule has 0 saturated carbocycles. The van der Waals surface area contributed by atoms with Gasteiger partial charge in [0.05, 0.1) is 30.5 Å². The van der Waals surface area contributed by atoms with Gasteiger partial charge in [0.25, 0.3) is 0 Å². The molecule has 0 unspecified atom stereocenters. The zero-order valence-electron chi connectivity index (χ0n) is 19.8. The molecular formula is C26H28F3N5O. The lowest BCUT2D eigenvalue weighted by Gasteiger charge is -2.34. The van der Waals surface area contributed by atoms with Gasteiger partial charge in [0.2, 0.25) is 0 Å². The third kappa shape index (κ3) is 4.82. The van der Waals surface area contributed by atoms with E-state index < -0.39 is 11.6 Å². The largest absolute Gasteiger partial charge is 0.486 e. The van der Waals surface area contributed by atoms with Crippen LogP contribution in [-0.4, -0.2) is 47.2 Å². The van der Waals surface area contributed by atoms with Crippen LogP contribution in [0.1, 0.15) is 49.7 Å². The van der Waals surface area contributed by atoms with Gasteiger partial charge >= 0.3 is 0 Å². The first-order valence-electron chi connectivity index (χ1n) is 12.0. The van der Waals surface area contributed by atoms with Crippen molar-refractivity contribution in [1.29, 1.82) is 0 Å². The number of pyridine rings is 1. The van der Waals surface area contributed by atoms with Gasteiger partial charge in [-0.3, -0.25) is 4.98 Å². The number of ether oxygens (including phenoxy) is 1. The highest BCUT2D eigenvalue weighted by Gasteiger charge is 2.26. The summed E-state index contributed by atoms with van der Waals surface area (Å²) in [5, 5.41) is 3.28. The number of piperidine rings is 1. The molecule has 35 heavy (non-hydrogen) atoms. The number of anilines is 1. The number of fused-ring (bicyclic) bond motifs is 1. The number of nitrogens with one attached hydrogen (secondary N) is 1. The minimum atomic E-state index is -0.665. The van der Waals surface area contributed by atoms with Crippen LogP contribution in [0.5, 0.6) is 5.75 Å². The minimum Gasteiger partial charge on any atom is -0.486 e. The van der Waals surface area contributed by atoms with Crippen molar-refractivity contribution in [2.24, 2.45) is 0 Å². The summed E-state index contributed by atoms with van der Waals surface area (Å²) in [6.07, 6.45) is 4.53. The highest BCUT2D eigenvalue weighted by atomic mass is 19.1. The maximum atomic E-state index is 14.9. The van der Waals surface area contributed by atoms with Gasteiger partial charge in [-0.2, -0.15) is 0 Å². The van der Waals surface area contributed by atoms with Crippen molar-refractivity contribution >= 4 is 5.69 Å². The molecule has 0 spiro atoms. The van der Waals surface area contributed by atoms with Gasteiger partial charge in [0.15, 0.2) is 17.4 Å². The van der Waals surface area contributed by atoms with E-state index in [2.05, 4.69) is 20.3 Å². The quantitative estimate of drug-likeness (QED) is 0.572. The number of halogens is 3. The van der Waals surface area contributed by atoms with Crippen LogP contribution in [0.4, 0.5) is 18.9 Å². The van der Waals surface area contributed by atoms with Crippen molar-refractivity contribution in [2.45, 2.75) is 45.1 Å². The first-order chi connectivity index (χ1) is 16.9. The Labute approximate surface area is 202 Å². The standard InChI is InChI=1S/C26H28F3N5O/c1-15(2)34-7-8-35-26-21(28)9-17(10-23(26)34)25-22(29)14-32-24(33-25)12-18-11-20(27)19(13-31-18)16-3-5-30-6-4-16/h9-11,13-16,30H,3-8,12H2,1-2H3. The molecule has 0 radical (unpaired) electrons. The van der Waals surface area contributed by atoms with Gasteiger partial charge in [-0.15, -0.1) is 0 Å². The molecule has 2 aliphatic rings. The zero-order valence-corrected chi connectivity index (χ0v) is 19.8. The van der Waals surface area contributed by atoms with Crippen LogP contribution in [0, 0.1) is 17.5 Å². The summed E-state index contributed by atoms with van der Waals surface area (Å²) in [5.41, 5.74) is 1.92. The summed E-state index contributed by atoms with van der Waals surface area (Å²) in [6, 6.07) is 4.44. The lowest BCUT2D eigenvalue weighted by Crippen LogP contribution is -2.38. The molecule has 0 atom stereocenters. The average Bonchev–Trinajstić information content (AvgIpc) is 2.85. The Morgan fingerprint density at radius 2 is 1.83 bits per heavy atom. The molecule has 6 nitrogen and oxygen atoms in total. The molecule has 2 aliphatic heterocycles. The van der Waals surface area contributed by atoms with Crippen molar-refractivity contribution in [3.63, 3.8) is 0 Å². The maximum absolute atomic E-state index is 14.9. The molecule has 0 aliphatic carbocycles. The third-order valence-corrected chi connectivity index (χ3v) is 6.66. The maximum Gasteiger partial charge on any atom is 0.178 e. The monoisotopic (exact) mass is 483 g/mol. The van der Waals surface area contributed by atoms with Crippen LogP contribution in [0.3, 0.4) is 0 Å². The van der Waals surface area contributed by atoms with Crippen molar-refractivity contribution in [1.82, 2.24) is 20.3 Å². The number of benzene rings is 1. The predicted octanol–water partition coefficient (Wildman–Crippen LogP) is 4.62. The molecule has 1 N–H and O–H groups in total. The molecular weight excluding hydrogens is 455 g/mol. The van der Waals surface area contributed by atoms with E-state index in [0.717, 1.165) is 32.1 Å². The lowest BCUT2D eigenvalue weighted by molar-refractivity contribution is 0.287. The number of aromatic nitrogens is 3. The highest BCUT2D eigenvalue weighted by molar-refractivity contribution is 5.72. The zero-order chi connectivity index (χ0) is 24.5. The van der Waals surface area contributed by atoms with E-state index in [0.29, 0.717) is 35.7 Å². The summed E-state index contributed by atoms with van der Waals surface area (Å²) >= 11 is 0. The Morgan fingerprint density at radius 3 is 2.57 bits per heavy atom. The van der Waals surface area contributed by atoms with Crippen molar-refractivity contribution in [3.8, 4) is 17.0 Å². The van der Waals surface area contributed by atoms with Gasteiger partial charge in [0, 0.05) is 23.4 Å². The van der Waals surface area contributed by atoms with E-state index >= 15 is 0 Å². The van der Waals surface area contributed by atoms with E-state index in [4.69, 9.17) is 4.74 Å². The van der Waals surface area contributed by atoms with Crippen LogP contribution >= 0.6 is 0 Å². The number of hydrogen-bond acceptors (Lipinski definition) is 6. The first-order valence-corrected chi connectivity index (χ1v) is 12.0. The first kappa shape index (κ1) is 23.5. The molecule has 1 aromatic carbocycles. The van der Waals surface area contributed by atoms with Crippen LogP contribution in [-0.2, 0) is 6.42 Å². The second kappa shape index (κ2) is 9.81. The SMILES string of the molecule is CC(C)N1CCOc2c(F)cc(-c3nc(Cc4cc(F)c(C5CCNCC5)cn4)ncc3F)cc21. The van der Waals surface area contributed by atoms with Crippen LogP contribution in [0.2, 0.25) is 0 Å². The molecule has 1 saturated heterocycles. The van der Waals surface area contributed by atoms with Gasteiger partial charge in [-0.25, -0.2) is 23.1 Å².